The van der Waals surface area contributed by atoms with Gasteiger partial charge in [0.2, 0.25) is 17.8 Å². The van der Waals surface area contributed by atoms with Crippen LogP contribution in [-0.4, -0.2) is 71.9 Å². The molecule has 2 aromatic carbocycles. The first-order chi connectivity index (χ1) is 19.8. The number of unbranched alkanes of at least 4 members (excludes halogenated alkanes) is 1. The van der Waals surface area contributed by atoms with Gasteiger partial charge < -0.3 is 20.4 Å². The van der Waals surface area contributed by atoms with Gasteiger partial charge in [0, 0.05) is 50.1 Å². The number of nitriles is 1. The van der Waals surface area contributed by atoms with Gasteiger partial charge >= 0.3 is 0 Å². The van der Waals surface area contributed by atoms with Crippen LogP contribution in [0.3, 0.4) is 0 Å². The smallest absolute Gasteiger partial charge is 0.246 e. The van der Waals surface area contributed by atoms with Crippen LogP contribution in [0.2, 0.25) is 0 Å². The molecule has 1 unspecified atom stereocenters. The lowest BCUT2D eigenvalue weighted by Gasteiger charge is -2.23. The number of nitrogens with zero attached hydrogens (tertiary/aromatic N) is 5. The molecule has 0 saturated heterocycles. The minimum absolute atomic E-state index is 0.208. The van der Waals surface area contributed by atoms with E-state index in [2.05, 4.69) is 33.5 Å². The topological polar surface area (TPSA) is 114 Å². The molecule has 9 heteroatoms. The number of benzene rings is 2. The average molecular weight is 550 g/mol. The molecule has 1 aromatic heterocycles. The number of carbonyl (C=O) groups excluding carboxylic acids is 2. The number of hydrogen-bond acceptors (Lipinski definition) is 7. The van der Waals surface area contributed by atoms with Gasteiger partial charge in [-0.1, -0.05) is 48.2 Å². The Labute approximate surface area is 241 Å². The highest BCUT2D eigenvalue weighted by Crippen LogP contribution is 2.23. The molecule has 0 bridgehead atoms. The van der Waals surface area contributed by atoms with Crippen molar-refractivity contribution in [2.45, 2.75) is 25.8 Å². The Hall–Kier alpha value is -4.99. The Balaban J connectivity index is 1.58. The molecule has 2 amide bonds. The van der Waals surface area contributed by atoms with Gasteiger partial charge in [0.05, 0.1) is 22.9 Å². The molecule has 0 radical (unpaired) electrons. The number of hydrogen-bond donors (Lipinski definition) is 2. The van der Waals surface area contributed by atoms with E-state index in [0.29, 0.717) is 48.7 Å². The summed E-state index contributed by atoms with van der Waals surface area (Å²) in [7, 11) is 5.46. The molecule has 3 aromatic rings. The second-order valence-electron chi connectivity index (χ2n) is 9.62. The SMILES string of the molecule is CC(C(=O)NCCCC#Cc1cnc(Nc2ccc(C#N)cc2)nc1-c1ccccc1)N(C)C(=O)C=CCN(C)C. The predicted molar refractivity (Wildman–Crippen MR) is 161 cm³/mol. The normalized spacial score (nSPS) is 11.3. The van der Waals surface area contributed by atoms with Crippen LogP contribution in [0, 0.1) is 23.2 Å². The summed E-state index contributed by atoms with van der Waals surface area (Å²) in [5, 5.41) is 15.1. The first kappa shape index (κ1) is 30.6. The molecular weight excluding hydrogens is 514 g/mol. The molecular formula is C32H35N7O2. The summed E-state index contributed by atoms with van der Waals surface area (Å²) in [6.45, 7) is 2.81. The van der Waals surface area contributed by atoms with E-state index in [-0.39, 0.29) is 11.8 Å². The fourth-order valence-electron chi connectivity index (χ4n) is 3.65. The lowest BCUT2D eigenvalue weighted by molar-refractivity contribution is -0.135. The second kappa shape index (κ2) is 15.6. The van der Waals surface area contributed by atoms with E-state index < -0.39 is 6.04 Å². The monoisotopic (exact) mass is 549 g/mol. The zero-order valence-electron chi connectivity index (χ0n) is 23.9. The van der Waals surface area contributed by atoms with E-state index in [1.807, 2.05) is 49.3 Å². The highest BCUT2D eigenvalue weighted by Gasteiger charge is 2.20. The maximum absolute atomic E-state index is 12.5. The van der Waals surface area contributed by atoms with Crippen LogP contribution in [0.25, 0.3) is 11.3 Å². The molecule has 1 atom stereocenters. The Bertz CT molecular complexity index is 1450. The molecule has 0 spiro atoms. The number of rotatable bonds is 11. The summed E-state index contributed by atoms with van der Waals surface area (Å²) >= 11 is 0. The van der Waals surface area contributed by atoms with Gasteiger partial charge in [-0.25, -0.2) is 9.97 Å². The minimum Gasteiger partial charge on any atom is -0.354 e. The Morgan fingerprint density at radius 2 is 1.80 bits per heavy atom. The summed E-state index contributed by atoms with van der Waals surface area (Å²) in [6, 6.07) is 18.3. The summed E-state index contributed by atoms with van der Waals surface area (Å²) in [4.78, 5) is 37.3. The van der Waals surface area contributed by atoms with Crippen LogP contribution in [-0.2, 0) is 9.59 Å². The van der Waals surface area contributed by atoms with Gasteiger partial charge in [-0.3, -0.25) is 9.59 Å². The summed E-state index contributed by atoms with van der Waals surface area (Å²) in [6.07, 6.45) is 6.18. The third-order valence-corrected chi connectivity index (χ3v) is 6.15. The lowest BCUT2D eigenvalue weighted by Crippen LogP contribution is -2.45. The molecule has 0 saturated carbocycles. The molecule has 1 heterocycles. The van der Waals surface area contributed by atoms with Crippen molar-refractivity contribution in [2.24, 2.45) is 0 Å². The van der Waals surface area contributed by atoms with E-state index in [1.54, 1.807) is 50.5 Å². The second-order valence-corrected chi connectivity index (χ2v) is 9.62. The van der Waals surface area contributed by atoms with Gasteiger partial charge in [0.15, 0.2) is 0 Å². The summed E-state index contributed by atoms with van der Waals surface area (Å²) in [5.41, 5.74) is 3.67. The summed E-state index contributed by atoms with van der Waals surface area (Å²) in [5.74, 6) is 6.34. The number of amides is 2. The molecule has 9 nitrogen and oxygen atoms in total. The van der Waals surface area contributed by atoms with Crippen LogP contribution >= 0.6 is 0 Å². The van der Waals surface area contributed by atoms with Gasteiger partial charge in [-0.15, -0.1) is 0 Å². The zero-order valence-corrected chi connectivity index (χ0v) is 23.9. The van der Waals surface area contributed by atoms with Gasteiger partial charge in [0.25, 0.3) is 0 Å². The summed E-state index contributed by atoms with van der Waals surface area (Å²) < 4.78 is 0. The van der Waals surface area contributed by atoms with Crippen LogP contribution in [0.1, 0.15) is 30.9 Å². The molecule has 2 N–H and O–H groups in total. The van der Waals surface area contributed by atoms with Crippen molar-refractivity contribution in [3.63, 3.8) is 0 Å². The molecule has 0 aliphatic heterocycles. The molecule has 3 rings (SSSR count). The van der Waals surface area contributed by atoms with E-state index >= 15 is 0 Å². The third kappa shape index (κ3) is 9.61. The van der Waals surface area contributed by atoms with Gasteiger partial charge in [-0.05, 0) is 51.7 Å². The fourth-order valence-corrected chi connectivity index (χ4v) is 3.65. The van der Waals surface area contributed by atoms with Gasteiger partial charge in [-0.2, -0.15) is 5.26 Å². The van der Waals surface area contributed by atoms with Crippen molar-refractivity contribution in [1.82, 2.24) is 25.1 Å². The molecule has 210 valence electrons. The van der Waals surface area contributed by atoms with Crippen molar-refractivity contribution in [3.05, 3.63) is 84.1 Å². The van der Waals surface area contributed by atoms with E-state index in [1.165, 1.54) is 11.0 Å². The zero-order chi connectivity index (χ0) is 29.6. The Morgan fingerprint density at radius 1 is 1.07 bits per heavy atom. The number of nitrogens with one attached hydrogen (secondary N) is 2. The van der Waals surface area contributed by atoms with Crippen molar-refractivity contribution < 1.29 is 9.59 Å². The first-order valence-electron chi connectivity index (χ1n) is 13.3. The standard InChI is InChI=1S/C32H35N7O2/c1-24(39(4)29(40)15-11-21-38(2)3)31(41)34-20-10-6-9-14-27-23-35-32(36-28-18-16-25(22-33)17-19-28)37-30(27)26-12-7-5-8-13-26/h5,7-8,11-13,15-19,23-24H,6,10,20-21H2,1-4H3,(H,34,41)(H,35,36,37). The van der Waals surface area contributed by atoms with E-state index in [9.17, 15) is 9.59 Å². The number of likely N-dealkylation sites (N-methyl/N-ethyl adjacent to an activating group) is 2. The van der Waals surface area contributed by atoms with Crippen molar-refractivity contribution >= 4 is 23.5 Å². The molecule has 0 fully saturated rings. The maximum Gasteiger partial charge on any atom is 0.246 e. The van der Waals surface area contributed by atoms with Crippen molar-refractivity contribution in [3.8, 4) is 29.2 Å². The molecule has 0 aliphatic rings. The van der Waals surface area contributed by atoms with E-state index in [4.69, 9.17) is 10.2 Å². The van der Waals surface area contributed by atoms with Crippen LogP contribution < -0.4 is 10.6 Å². The minimum atomic E-state index is -0.584. The van der Waals surface area contributed by atoms with Crippen LogP contribution in [0.15, 0.2) is 72.9 Å². The highest BCUT2D eigenvalue weighted by atomic mass is 16.2. The number of carbonyl (C=O) groups is 2. The predicted octanol–water partition coefficient (Wildman–Crippen LogP) is 3.97. The molecule has 0 aliphatic carbocycles. The van der Waals surface area contributed by atoms with E-state index in [0.717, 1.165) is 11.3 Å². The van der Waals surface area contributed by atoms with Crippen LogP contribution in [0.4, 0.5) is 11.6 Å². The quantitative estimate of drug-likeness (QED) is 0.211. The maximum atomic E-state index is 12.5. The fraction of sp³-hybridized carbons (Fsp3) is 0.281. The molecule has 41 heavy (non-hydrogen) atoms. The number of anilines is 2. The van der Waals surface area contributed by atoms with Crippen molar-refractivity contribution in [2.75, 3.05) is 39.5 Å². The highest BCUT2D eigenvalue weighted by molar-refractivity contribution is 5.92. The van der Waals surface area contributed by atoms with Gasteiger partial charge in [0.1, 0.15) is 6.04 Å². The Kier molecular flexibility index (Phi) is 11.6. The third-order valence-electron chi connectivity index (χ3n) is 6.15. The van der Waals surface area contributed by atoms with Crippen molar-refractivity contribution in [1.29, 1.82) is 5.26 Å². The average Bonchev–Trinajstić information content (AvgIpc) is 2.99. The first-order valence-corrected chi connectivity index (χ1v) is 13.3. The number of aromatic nitrogens is 2. The van der Waals surface area contributed by atoms with Crippen LogP contribution in [0.5, 0.6) is 0 Å². The Morgan fingerprint density at radius 3 is 2.49 bits per heavy atom. The largest absolute Gasteiger partial charge is 0.354 e. The lowest BCUT2D eigenvalue weighted by atomic mass is 10.1.